The van der Waals surface area contributed by atoms with Crippen molar-refractivity contribution in [2.75, 3.05) is 0 Å². The monoisotopic (exact) mass is 226 g/mol. The Morgan fingerprint density at radius 1 is 1.38 bits per heavy atom. The van der Waals surface area contributed by atoms with Crippen molar-refractivity contribution < 1.29 is 5.11 Å². The van der Waals surface area contributed by atoms with Gasteiger partial charge in [0.25, 0.3) is 0 Å². The maximum Gasteiger partial charge on any atom is 0.141 e. The van der Waals surface area contributed by atoms with E-state index in [1.54, 1.807) is 13.3 Å². The van der Waals surface area contributed by atoms with E-state index in [9.17, 15) is 5.11 Å². The van der Waals surface area contributed by atoms with Crippen LogP contribution in [0.5, 0.6) is 0 Å². The Kier molecular flexibility index (Phi) is 4.89. The van der Waals surface area contributed by atoms with Crippen LogP contribution in [0.4, 0.5) is 0 Å². The summed E-state index contributed by atoms with van der Waals surface area (Å²) in [6.45, 7) is 8.71. The highest BCUT2D eigenvalue weighted by Crippen LogP contribution is 2.05. The first-order valence-corrected chi connectivity index (χ1v) is 5.80. The van der Waals surface area contributed by atoms with Crippen molar-refractivity contribution in [3.05, 3.63) is 12.2 Å². The van der Waals surface area contributed by atoms with Crippen molar-refractivity contribution in [1.82, 2.24) is 20.1 Å². The molecule has 1 aromatic heterocycles. The summed E-state index contributed by atoms with van der Waals surface area (Å²) in [6, 6.07) is 0.601. The molecule has 0 bridgehead atoms. The molecule has 0 aliphatic rings. The number of hydrogen-bond acceptors (Lipinski definition) is 4. The van der Waals surface area contributed by atoms with Crippen LogP contribution >= 0.6 is 0 Å². The van der Waals surface area contributed by atoms with Crippen LogP contribution in [0.3, 0.4) is 0 Å². The van der Waals surface area contributed by atoms with Crippen LogP contribution in [0.15, 0.2) is 6.33 Å². The Hall–Kier alpha value is -0.940. The van der Waals surface area contributed by atoms with Gasteiger partial charge in [0.15, 0.2) is 0 Å². The molecule has 5 nitrogen and oxygen atoms in total. The molecule has 1 rings (SSSR count). The lowest BCUT2D eigenvalue weighted by Crippen LogP contribution is -2.30. The predicted octanol–water partition coefficient (Wildman–Crippen LogP) is 1.11. The quantitative estimate of drug-likeness (QED) is 0.762. The molecule has 2 N–H and O–H groups in total. The SMILES string of the molecule is CC(O)CC(C)NCc1ncnn1C(C)C. The maximum absolute atomic E-state index is 9.25. The van der Waals surface area contributed by atoms with Crippen LogP contribution in [0.25, 0.3) is 0 Å². The summed E-state index contributed by atoms with van der Waals surface area (Å²) < 4.78 is 1.90. The van der Waals surface area contributed by atoms with E-state index >= 15 is 0 Å². The molecule has 1 heterocycles. The minimum absolute atomic E-state index is 0.273. The van der Waals surface area contributed by atoms with Crippen molar-refractivity contribution >= 4 is 0 Å². The molecule has 0 aromatic carbocycles. The Balaban J connectivity index is 2.45. The van der Waals surface area contributed by atoms with Gasteiger partial charge in [0.05, 0.1) is 12.6 Å². The highest BCUT2D eigenvalue weighted by atomic mass is 16.3. The topological polar surface area (TPSA) is 63.0 Å². The normalized spacial score (nSPS) is 15.4. The van der Waals surface area contributed by atoms with Gasteiger partial charge < -0.3 is 10.4 Å². The second kappa shape index (κ2) is 5.96. The van der Waals surface area contributed by atoms with Gasteiger partial charge in [-0.3, -0.25) is 0 Å². The van der Waals surface area contributed by atoms with Crippen molar-refractivity contribution in [2.24, 2.45) is 0 Å². The van der Waals surface area contributed by atoms with Crippen LogP contribution < -0.4 is 5.32 Å². The summed E-state index contributed by atoms with van der Waals surface area (Å²) in [4.78, 5) is 4.22. The Morgan fingerprint density at radius 2 is 2.06 bits per heavy atom. The zero-order valence-electron chi connectivity index (χ0n) is 10.5. The lowest BCUT2D eigenvalue weighted by molar-refractivity contribution is 0.170. The minimum Gasteiger partial charge on any atom is -0.393 e. The highest BCUT2D eigenvalue weighted by Gasteiger charge is 2.10. The maximum atomic E-state index is 9.25. The van der Waals surface area contributed by atoms with E-state index in [0.29, 0.717) is 12.6 Å². The van der Waals surface area contributed by atoms with Crippen LogP contribution in [0.2, 0.25) is 0 Å². The van der Waals surface area contributed by atoms with Crippen molar-refractivity contribution in [3.63, 3.8) is 0 Å². The molecule has 0 amide bonds. The lowest BCUT2D eigenvalue weighted by atomic mass is 10.1. The van der Waals surface area contributed by atoms with Crippen molar-refractivity contribution in [2.45, 2.75) is 58.8 Å². The van der Waals surface area contributed by atoms with Crippen LogP contribution in [0, 0.1) is 0 Å². The van der Waals surface area contributed by atoms with E-state index < -0.39 is 0 Å². The fourth-order valence-electron chi connectivity index (χ4n) is 1.69. The summed E-state index contributed by atoms with van der Waals surface area (Å²) in [7, 11) is 0. The van der Waals surface area contributed by atoms with Gasteiger partial charge in [0.2, 0.25) is 0 Å². The van der Waals surface area contributed by atoms with Gasteiger partial charge in [-0.2, -0.15) is 5.10 Å². The van der Waals surface area contributed by atoms with Gasteiger partial charge in [-0.05, 0) is 34.1 Å². The summed E-state index contributed by atoms with van der Waals surface area (Å²) in [5.74, 6) is 0.937. The molecule has 0 aliphatic carbocycles. The molecule has 2 unspecified atom stereocenters. The van der Waals surface area contributed by atoms with Gasteiger partial charge in [-0.1, -0.05) is 0 Å². The van der Waals surface area contributed by atoms with E-state index in [-0.39, 0.29) is 12.1 Å². The van der Waals surface area contributed by atoms with Gasteiger partial charge in [-0.15, -0.1) is 0 Å². The average molecular weight is 226 g/mol. The average Bonchev–Trinajstić information content (AvgIpc) is 2.61. The highest BCUT2D eigenvalue weighted by molar-refractivity contribution is 4.86. The molecule has 2 atom stereocenters. The van der Waals surface area contributed by atoms with Gasteiger partial charge in [0.1, 0.15) is 12.2 Å². The molecule has 1 aromatic rings. The fourth-order valence-corrected chi connectivity index (χ4v) is 1.69. The summed E-state index contributed by atoms with van der Waals surface area (Å²) in [6.07, 6.45) is 2.05. The van der Waals surface area contributed by atoms with E-state index in [4.69, 9.17) is 0 Å². The minimum atomic E-state index is -0.273. The molecule has 92 valence electrons. The van der Waals surface area contributed by atoms with Crippen molar-refractivity contribution in [3.8, 4) is 0 Å². The van der Waals surface area contributed by atoms with Crippen LogP contribution in [-0.2, 0) is 6.54 Å². The zero-order chi connectivity index (χ0) is 12.1. The lowest BCUT2D eigenvalue weighted by Gasteiger charge is -2.16. The third-order valence-corrected chi connectivity index (χ3v) is 2.44. The number of rotatable bonds is 6. The first-order chi connectivity index (χ1) is 7.50. The fraction of sp³-hybridized carbons (Fsp3) is 0.818. The molecule has 0 saturated carbocycles. The number of aliphatic hydroxyl groups is 1. The molecule has 0 radical (unpaired) electrons. The van der Waals surface area contributed by atoms with E-state index in [1.165, 1.54) is 0 Å². The van der Waals surface area contributed by atoms with Crippen molar-refractivity contribution in [1.29, 1.82) is 0 Å². The summed E-state index contributed by atoms with van der Waals surface area (Å²) in [5.41, 5.74) is 0. The molecular formula is C11H22N4O. The number of hydrogen-bond donors (Lipinski definition) is 2. The third kappa shape index (κ3) is 3.90. The van der Waals surface area contributed by atoms with E-state index in [1.807, 2.05) is 4.68 Å². The third-order valence-electron chi connectivity index (χ3n) is 2.44. The Bertz CT molecular complexity index is 309. The molecule has 0 fully saturated rings. The molecule has 0 aliphatic heterocycles. The first-order valence-electron chi connectivity index (χ1n) is 5.80. The van der Waals surface area contributed by atoms with Gasteiger partial charge in [-0.25, -0.2) is 9.67 Å². The number of aliphatic hydroxyl groups excluding tert-OH is 1. The predicted molar refractivity (Wildman–Crippen MR) is 63.0 cm³/mol. The molecule has 0 spiro atoms. The van der Waals surface area contributed by atoms with Gasteiger partial charge >= 0.3 is 0 Å². The first kappa shape index (κ1) is 13.1. The zero-order valence-corrected chi connectivity index (χ0v) is 10.5. The van der Waals surface area contributed by atoms with Crippen LogP contribution in [0.1, 0.15) is 46.0 Å². The second-order valence-corrected chi connectivity index (χ2v) is 4.58. The summed E-state index contributed by atoms with van der Waals surface area (Å²) in [5, 5.41) is 16.7. The molecule has 5 heteroatoms. The molecule has 0 saturated heterocycles. The van der Waals surface area contributed by atoms with Crippen LogP contribution in [-0.4, -0.2) is 32.0 Å². The number of nitrogens with one attached hydrogen (secondary N) is 1. The Morgan fingerprint density at radius 3 is 2.62 bits per heavy atom. The number of nitrogens with zero attached hydrogens (tertiary/aromatic N) is 3. The molecular weight excluding hydrogens is 204 g/mol. The van der Waals surface area contributed by atoms with Gasteiger partial charge in [0, 0.05) is 12.1 Å². The number of aromatic nitrogens is 3. The smallest absolute Gasteiger partial charge is 0.141 e. The summed E-state index contributed by atoms with van der Waals surface area (Å²) >= 11 is 0. The second-order valence-electron chi connectivity index (χ2n) is 4.58. The Labute approximate surface area is 96.9 Å². The standard InChI is InChI=1S/C11H22N4O/c1-8(2)15-11(13-7-14-15)6-12-9(3)5-10(4)16/h7-10,12,16H,5-6H2,1-4H3. The largest absolute Gasteiger partial charge is 0.393 e. The molecule has 16 heavy (non-hydrogen) atoms. The van der Waals surface area contributed by atoms with E-state index in [2.05, 4.69) is 36.2 Å². The van der Waals surface area contributed by atoms with E-state index in [0.717, 1.165) is 12.2 Å².